The summed E-state index contributed by atoms with van der Waals surface area (Å²) >= 11 is 0. The molecule has 0 amide bonds. The standard InChI is InChI=1S/C50H35N/c1-2-13-36(14-3-1)40-19-8-20-41(33-40)37-29-31-44(32-30-37)51(45-23-9-21-42(34-45)49-27-11-17-38-15-4-6-25-47(38)49)46-24-10-22-43(35-46)50-28-12-18-39-16-5-7-26-48(39)50/h1-35H/i9D,21D,23D,29D,30D,31D,32D,34D. The molecular weight excluding hydrogens is 615 g/mol. The van der Waals surface area contributed by atoms with Crippen molar-refractivity contribution in [1.82, 2.24) is 0 Å². The third-order valence-corrected chi connectivity index (χ3v) is 9.19. The van der Waals surface area contributed by atoms with E-state index in [9.17, 15) is 8.22 Å². The first-order valence-electron chi connectivity index (χ1n) is 20.9. The first-order valence-corrected chi connectivity index (χ1v) is 16.9. The van der Waals surface area contributed by atoms with Gasteiger partial charge in [0.1, 0.15) is 0 Å². The van der Waals surface area contributed by atoms with Crippen LogP contribution < -0.4 is 4.90 Å². The van der Waals surface area contributed by atoms with Crippen molar-refractivity contribution >= 4 is 38.6 Å². The Morgan fingerprint density at radius 1 is 0.333 bits per heavy atom. The maximum atomic E-state index is 9.84. The SMILES string of the molecule is [2H]c1c([2H])c(-c2cccc3ccccc23)c([2H])c(N(c2cccc(-c3cccc4ccccc34)c2)c2c([2H])c([2H])c(-c3cccc(-c4ccccc4)c3)c([2H])c2[2H])c1[2H]. The first-order chi connectivity index (χ1) is 28.6. The highest BCUT2D eigenvalue weighted by Crippen LogP contribution is 2.41. The lowest BCUT2D eigenvalue weighted by molar-refractivity contribution is 1.28. The van der Waals surface area contributed by atoms with Crippen LogP contribution in [0.25, 0.3) is 66.1 Å². The fourth-order valence-electron chi connectivity index (χ4n) is 6.73. The zero-order valence-electron chi connectivity index (χ0n) is 35.5. The Balaban J connectivity index is 1.33. The third kappa shape index (κ3) is 5.96. The quantitative estimate of drug-likeness (QED) is 0.165. The van der Waals surface area contributed by atoms with Crippen molar-refractivity contribution in [2.45, 2.75) is 0 Å². The van der Waals surface area contributed by atoms with Gasteiger partial charge in [-0.05, 0) is 108 Å². The molecule has 0 spiro atoms. The third-order valence-electron chi connectivity index (χ3n) is 9.19. The fraction of sp³-hybridized carbons (Fsp3) is 0. The van der Waals surface area contributed by atoms with E-state index in [2.05, 4.69) is 0 Å². The number of hydrogen-bond acceptors (Lipinski definition) is 1. The second kappa shape index (κ2) is 13.3. The summed E-state index contributed by atoms with van der Waals surface area (Å²) in [6.07, 6.45) is 0. The summed E-state index contributed by atoms with van der Waals surface area (Å²) in [5, 5.41) is 3.66. The predicted molar refractivity (Wildman–Crippen MR) is 218 cm³/mol. The molecule has 0 fully saturated rings. The lowest BCUT2D eigenvalue weighted by atomic mass is 9.96. The highest BCUT2D eigenvalue weighted by atomic mass is 15.1. The molecule has 0 heterocycles. The normalized spacial score (nSPS) is 13.3. The van der Waals surface area contributed by atoms with Gasteiger partial charge in [-0.2, -0.15) is 0 Å². The van der Waals surface area contributed by atoms with Crippen molar-refractivity contribution in [3.8, 4) is 44.5 Å². The molecule has 0 saturated carbocycles. The summed E-state index contributed by atoms with van der Waals surface area (Å²) in [4.78, 5) is 1.41. The van der Waals surface area contributed by atoms with Gasteiger partial charge in [0.15, 0.2) is 0 Å². The summed E-state index contributed by atoms with van der Waals surface area (Å²) in [6.45, 7) is 0. The molecule has 0 saturated heterocycles. The molecule has 0 aromatic heterocycles. The lowest BCUT2D eigenvalue weighted by Gasteiger charge is -2.27. The minimum Gasteiger partial charge on any atom is -0.310 e. The van der Waals surface area contributed by atoms with Crippen LogP contribution in [-0.4, -0.2) is 0 Å². The summed E-state index contributed by atoms with van der Waals surface area (Å²) in [5.74, 6) is 0. The fourth-order valence-corrected chi connectivity index (χ4v) is 6.73. The molecule has 0 unspecified atom stereocenters. The minimum absolute atomic E-state index is 0.113. The predicted octanol–water partition coefficient (Wildman–Crippen LogP) is 14.1. The number of fused-ring (bicyclic) bond motifs is 2. The van der Waals surface area contributed by atoms with Crippen LogP contribution in [0.2, 0.25) is 0 Å². The average molecular weight is 658 g/mol. The molecular formula is C50H35N. The van der Waals surface area contributed by atoms with Gasteiger partial charge in [0, 0.05) is 17.1 Å². The van der Waals surface area contributed by atoms with Crippen molar-refractivity contribution in [2.24, 2.45) is 0 Å². The van der Waals surface area contributed by atoms with Crippen molar-refractivity contribution in [3.63, 3.8) is 0 Å². The van der Waals surface area contributed by atoms with Crippen LogP contribution in [0.4, 0.5) is 17.1 Å². The zero-order chi connectivity index (χ0) is 40.9. The number of hydrogen-bond donors (Lipinski definition) is 0. The van der Waals surface area contributed by atoms with Crippen LogP contribution in [0.5, 0.6) is 0 Å². The van der Waals surface area contributed by atoms with Crippen molar-refractivity contribution in [1.29, 1.82) is 0 Å². The summed E-state index contributed by atoms with van der Waals surface area (Å²) in [6, 6.07) is 48.8. The van der Waals surface area contributed by atoms with E-state index < -0.39 is 12.1 Å². The molecule has 9 rings (SSSR count). The van der Waals surface area contributed by atoms with E-state index in [-0.39, 0.29) is 58.8 Å². The molecule has 0 N–H and O–H groups in total. The zero-order valence-corrected chi connectivity index (χ0v) is 27.5. The van der Waals surface area contributed by atoms with E-state index in [1.165, 1.54) is 4.90 Å². The van der Waals surface area contributed by atoms with Gasteiger partial charge in [0.2, 0.25) is 0 Å². The van der Waals surface area contributed by atoms with Crippen LogP contribution in [0.1, 0.15) is 11.0 Å². The van der Waals surface area contributed by atoms with E-state index in [4.69, 9.17) is 2.74 Å². The van der Waals surface area contributed by atoms with Crippen LogP contribution in [-0.2, 0) is 0 Å². The van der Waals surface area contributed by atoms with Crippen molar-refractivity contribution < 1.29 is 11.0 Å². The van der Waals surface area contributed by atoms with Crippen molar-refractivity contribution in [3.05, 3.63) is 212 Å². The van der Waals surface area contributed by atoms with E-state index in [0.717, 1.165) is 43.8 Å². The number of nitrogens with zero attached hydrogens (tertiary/aromatic N) is 1. The van der Waals surface area contributed by atoms with Crippen LogP contribution in [0, 0.1) is 0 Å². The van der Waals surface area contributed by atoms with Gasteiger partial charge < -0.3 is 4.90 Å². The van der Waals surface area contributed by atoms with E-state index >= 15 is 0 Å². The monoisotopic (exact) mass is 657 g/mol. The Kier molecular flexibility index (Phi) is 5.96. The van der Waals surface area contributed by atoms with Crippen LogP contribution in [0.3, 0.4) is 0 Å². The van der Waals surface area contributed by atoms with Gasteiger partial charge in [0.05, 0.1) is 11.0 Å². The Morgan fingerprint density at radius 2 is 0.882 bits per heavy atom. The molecule has 51 heavy (non-hydrogen) atoms. The van der Waals surface area contributed by atoms with E-state index in [1.807, 2.05) is 146 Å². The average Bonchev–Trinajstić information content (AvgIpc) is 3.27. The topological polar surface area (TPSA) is 3.24 Å². The van der Waals surface area contributed by atoms with Gasteiger partial charge >= 0.3 is 0 Å². The molecule has 1 nitrogen and oxygen atoms in total. The second-order valence-electron chi connectivity index (χ2n) is 12.3. The summed E-state index contributed by atoms with van der Waals surface area (Å²) in [5.41, 5.74) is 4.81. The Labute approximate surface area is 310 Å². The molecule has 0 bridgehead atoms. The molecule has 9 aromatic rings. The molecule has 0 atom stereocenters. The van der Waals surface area contributed by atoms with Crippen LogP contribution in [0.15, 0.2) is 212 Å². The highest BCUT2D eigenvalue weighted by Gasteiger charge is 2.16. The molecule has 0 aliphatic carbocycles. The largest absolute Gasteiger partial charge is 0.310 e. The molecule has 0 aliphatic heterocycles. The van der Waals surface area contributed by atoms with Gasteiger partial charge in [-0.3, -0.25) is 0 Å². The Hall–Kier alpha value is -6.70. The maximum absolute atomic E-state index is 9.84. The Morgan fingerprint density at radius 3 is 1.61 bits per heavy atom. The van der Waals surface area contributed by atoms with E-state index in [1.54, 1.807) is 18.2 Å². The maximum Gasteiger partial charge on any atom is 0.0651 e. The van der Waals surface area contributed by atoms with E-state index in [0.29, 0.717) is 16.8 Å². The lowest BCUT2D eigenvalue weighted by Crippen LogP contribution is -2.10. The first kappa shape index (κ1) is 22.8. The number of benzene rings is 9. The van der Waals surface area contributed by atoms with Gasteiger partial charge in [-0.25, -0.2) is 0 Å². The Bertz CT molecular complexity index is 3070. The minimum atomic E-state index is -0.448. The molecule has 0 aliphatic rings. The van der Waals surface area contributed by atoms with Gasteiger partial charge in [-0.15, -0.1) is 0 Å². The van der Waals surface area contributed by atoms with Crippen molar-refractivity contribution in [2.75, 3.05) is 4.90 Å². The summed E-state index contributed by atoms with van der Waals surface area (Å²) < 4.78 is 75.6. The van der Waals surface area contributed by atoms with Gasteiger partial charge in [0.25, 0.3) is 0 Å². The second-order valence-corrected chi connectivity index (χ2v) is 12.3. The highest BCUT2D eigenvalue weighted by molar-refractivity contribution is 5.99. The molecule has 0 radical (unpaired) electrons. The van der Waals surface area contributed by atoms with Gasteiger partial charge in [-0.1, -0.05) is 170 Å². The number of rotatable bonds is 7. The number of anilines is 3. The molecule has 1 heteroatoms. The van der Waals surface area contributed by atoms with Crippen LogP contribution >= 0.6 is 0 Å². The smallest absolute Gasteiger partial charge is 0.0651 e. The molecule has 240 valence electrons. The summed E-state index contributed by atoms with van der Waals surface area (Å²) in [7, 11) is 0. The molecule has 9 aromatic carbocycles.